The van der Waals surface area contributed by atoms with E-state index < -0.39 is 0 Å². The van der Waals surface area contributed by atoms with Gasteiger partial charge >= 0.3 is 0 Å². The van der Waals surface area contributed by atoms with Gasteiger partial charge in [0.2, 0.25) is 0 Å². The van der Waals surface area contributed by atoms with Crippen molar-refractivity contribution in [1.29, 1.82) is 0 Å². The number of aromatic amines is 2. The molecule has 234 valence electrons. The molecule has 7 aromatic rings. The fraction of sp³-hybridized carbons (Fsp3) is 0.158. The molecule has 3 N–H and O–H groups in total. The fourth-order valence-corrected chi connectivity index (χ4v) is 6.45. The predicted octanol–water partition coefficient (Wildman–Crippen LogP) is 8.10. The van der Waals surface area contributed by atoms with Crippen LogP contribution in [0, 0.1) is 0 Å². The van der Waals surface area contributed by atoms with Gasteiger partial charge in [0, 0.05) is 57.3 Å². The van der Waals surface area contributed by atoms with Gasteiger partial charge in [0.1, 0.15) is 22.6 Å². The lowest BCUT2D eigenvalue weighted by Gasteiger charge is -2.10. The second kappa shape index (κ2) is 11.4. The maximum absolute atomic E-state index is 5.77. The van der Waals surface area contributed by atoms with Crippen molar-refractivity contribution in [3.05, 3.63) is 91.0 Å². The Labute approximate surface area is 275 Å². The van der Waals surface area contributed by atoms with Crippen LogP contribution in [0.25, 0.3) is 89.7 Å². The summed E-state index contributed by atoms with van der Waals surface area (Å²) in [6.07, 6.45) is 1.07. The molecule has 2 aliphatic heterocycles. The van der Waals surface area contributed by atoms with Crippen LogP contribution in [0.5, 0.6) is 0 Å². The monoisotopic (exact) mass is 629 g/mol. The molecule has 9 rings (SSSR count). The van der Waals surface area contributed by atoms with E-state index >= 15 is 0 Å². The van der Waals surface area contributed by atoms with Gasteiger partial charge in [-0.2, -0.15) is 0 Å². The first-order valence-corrected chi connectivity index (χ1v) is 16.2. The standard InChI is InChI=1S/C38H31N9O/c1-21(2)48-20-10-19-39-29-18-9-17-28-30(29)38-46-36-27-16-8-7-15-26(27)34(44-36)42-32-23-12-4-3-11-22(23)31(40-32)41-33-24-13-5-6-14-25(24)35(43-33)45-37(28)47-38/h3-9,11-18,21,39H,10,19-20H2,1-2H3,(H2,40,41,42,43,44,45,46,47). The third kappa shape index (κ3) is 4.76. The van der Waals surface area contributed by atoms with Crippen molar-refractivity contribution in [2.75, 3.05) is 18.5 Å². The van der Waals surface area contributed by atoms with Crippen molar-refractivity contribution in [2.24, 2.45) is 0 Å². The number of rotatable bonds is 6. The minimum atomic E-state index is 0.202. The van der Waals surface area contributed by atoms with Crippen molar-refractivity contribution in [3.8, 4) is 45.6 Å². The molecule has 10 nitrogen and oxygen atoms in total. The van der Waals surface area contributed by atoms with Crippen molar-refractivity contribution in [3.63, 3.8) is 0 Å². The average molecular weight is 630 g/mol. The zero-order chi connectivity index (χ0) is 32.2. The molecule has 0 radical (unpaired) electrons. The summed E-state index contributed by atoms with van der Waals surface area (Å²) in [6.45, 7) is 5.53. The first-order chi connectivity index (χ1) is 23.6. The smallest absolute Gasteiger partial charge is 0.164 e. The van der Waals surface area contributed by atoms with E-state index in [-0.39, 0.29) is 6.10 Å². The number of H-pyrrole nitrogens is 2. The zero-order valence-electron chi connectivity index (χ0n) is 26.5. The van der Waals surface area contributed by atoms with Gasteiger partial charge in [-0.3, -0.25) is 0 Å². The fourth-order valence-electron chi connectivity index (χ4n) is 6.45. The van der Waals surface area contributed by atoms with Gasteiger partial charge in [-0.25, -0.2) is 29.9 Å². The largest absolute Gasteiger partial charge is 0.384 e. The minimum Gasteiger partial charge on any atom is -0.384 e. The summed E-state index contributed by atoms with van der Waals surface area (Å²) in [5.41, 5.74) is 7.26. The predicted molar refractivity (Wildman–Crippen MR) is 190 cm³/mol. The number of ether oxygens (including phenoxy) is 1. The van der Waals surface area contributed by atoms with E-state index in [1.165, 1.54) is 0 Å². The molecule has 0 aliphatic carbocycles. The molecule has 0 saturated heterocycles. The van der Waals surface area contributed by atoms with Gasteiger partial charge in [-0.05, 0) is 26.3 Å². The molecule has 2 aliphatic rings. The van der Waals surface area contributed by atoms with Gasteiger partial charge in [-0.1, -0.05) is 84.9 Å². The Morgan fingerprint density at radius 3 is 1.54 bits per heavy atom. The Morgan fingerprint density at radius 2 is 1.00 bits per heavy atom. The molecule has 5 heterocycles. The van der Waals surface area contributed by atoms with Crippen LogP contribution in [0.2, 0.25) is 0 Å². The number of benzene rings is 4. The van der Waals surface area contributed by atoms with E-state index in [0.717, 1.165) is 62.5 Å². The lowest BCUT2D eigenvalue weighted by molar-refractivity contribution is 0.0787. The molecule has 10 heteroatoms. The van der Waals surface area contributed by atoms with E-state index in [2.05, 4.69) is 41.3 Å². The number of hydrogen-bond donors (Lipinski definition) is 3. The first kappa shape index (κ1) is 28.2. The third-order valence-electron chi connectivity index (χ3n) is 8.67. The first-order valence-electron chi connectivity index (χ1n) is 16.2. The molecule has 8 bridgehead atoms. The van der Waals surface area contributed by atoms with E-state index in [1.54, 1.807) is 0 Å². The van der Waals surface area contributed by atoms with Gasteiger partial charge in [-0.15, -0.1) is 0 Å². The molecule has 0 unspecified atom stereocenters. The minimum absolute atomic E-state index is 0.202. The summed E-state index contributed by atoms with van der Waals surface area (Å²) in [6, 6.07) is 30.4. The van der Waals surface area contributed by atoms with E-state index in [9.17, 15) is 0 Å². The normalized spacial score (nSPS) is 12.1. The van der Waals surface area contributed by atoms with Crippen LogP contribution in [0.15, 0.2) is 91.0 Å². The summed E-state index contributed by atoms with van der Waals surface area (Å²) < 4.78 is 5.77. The molecule has 0 spiro atoms. The van der Waals surface area contributed by atoms with Crippen LogP contribution in [0.1, 0.15) is 20.3 Å². The number of nitrogens with one attached hydrogen (secondary N) is 3. The molecule has 3 aromatic heterocycles. The number of fused-ring (bicyclic) bond motifs is 20. The van der Waals surface area contributed by atoms with E-state index in [4.69, 9.17) is 34.6 Å². The zero-order valence-corrected chi connectivity index (χ0v) is 26.5. The van der Waals surface area contributed by atoms with Crippen molar-refractivity contribution in [2.45, 2.75) is 26.4 Å². The highest BCUT2D eigenvalue weighted by atomic mass is 16.5. The SMILES string of the molecule is CC(C)OCCCNc1cccc2c3nc4nc(nc5[nH]c(nc6nc(nc([nH]3)c12)-c1ccccc1-6)c1ccccc51)-c1ccccc1-4. The van der Waals surface area contributed by atoms with Gasteiger partial charge in [0.25, 0.3) is 0 Å². The molecule has 0 amide bonds. The van der Waals surface area contributed by atoms with Crippen molar-refractivity contribution >= 4 is 49.8 Å². The molecule has 0 fully saturated rings. The van der Waals surface area contributed by atoms with Gasteiger partial charge in [0.05, 0.1) is 11.5 Å². The highest BCUT2D eigenvalue weighted by Crippen LogP contribution is 2.37. The Kier molecular flexibility index (Phi) is 6.68. The van der Waals surface area contributed by atoms with Crippen LogP contribution >= 0.6 is 0 Å². The van der Waals surface area contributed by atoms with Crippen LogP contribution < -0.4 is 5.32 Å². The van der Waals surface area contributed by atoms with E-state index in [0.29, 0.717) is 52.5 Å². The second-order valence-electron chi connectivity index (χ2n) is 12.2. The Balaban J connectivity index is 1.37. The summed E-state index contributed by atoms with van der Waals surface area (Å²) >= 11 is 0. The maximum Gasteiger partial charge on any atom is 0.164 e. The van der Waals surface area contributed by atoms with Gasteiger partial charge < -0.3 is 20.0 Å². The number of anilines is 1. The molecule has 0 atom stereocenters. The Bertz CT molecular complexity index is 2540. The Hall–Kier alpha value is -6.00. The van der Waals surface area contributed by atoms with Crippen LogP contribution in [0.4, 0.5) is 5.69 Å². The van der Waals surface area contributed by atoms with Gasteiger partial charge in [0.15, 0.2) is 23.3 Å². The quantitative estimate of drug-likeness (QED) is 0.157. The molecule has 4 aromatic carbocycles. The molecular formula is C38H31N9O. The van der Waals surface area contributed by atoms with Crippen LogP contribution in [0.3, 0.4) is 0 Å². The molecule has 0 saturated carbocycles. The number of hydrogen-bond acceptors (Lipinski definition) is 8. The highest BCUT2D eigenvalue weighted by molar-refractivity contribution is 6.11. The summed E-state index contributed by atoms with van der Waals surface area (Å²) in [4.78, 5) is 37.5. The average Bonchev–Trinajstić information content (AvgIpc) is 3.84. The third-order valence-corrected chi connectivity index (χ3v) is 8.67. The van der Waals surface area contributed by atoms with E-state index in [1.807, 2.05) is 78.9 Å². The number of aromatic nitrogens is 8. The van der Waals surface area contributed by atoms with Crippen molar-refractivity contribution < 1.29 is 4.74 Å². The van der Waals surface area contributed by atoms with Crippen LogP contribution in [-0.4, -0.2) is 59.1 Å². The lowest BCUT2D eigenvalue weighted by atomic mass is 10.1. The lowest BCUT2D eigenvalue weighted by Crippen LogP contribution is -2.09. The number of nitrogens with zero attached hydrogens (tertiary/aromatic N) is 6. The van der Waals surface area contributed by atoms with Crippen molar-refractivity contribution in [1.82, 2.24) is 39.9 Å². The molecule has 48 heavy (non-hydrogen) atoms. The second-order valence-corrected chi connectivity index (χ2v) is 12.2. The highest BCUT2D eigenvalue weighted by Gasteiger charge is 2.22. The summed E-state index contributed by atoms with van der Waals surface area (Å²) in [5, 5.41) is 7.36. The maximum atomic E-state index is 5.77. The topological polar surface area (TPSA) is 130 Å². The van der Waals surface area contributed by atoms with Crippen LogP contribution in [-0.2, 0) is 4.74 Å². The molecular weight excluding hydrogens is 598 g/mol. The Morgan fingerprint density at radius 1 is 0.542 bits per heavy atom. The summed E-state index contributed by atoms with van der Waals surface area (Å²) in [7, 11) is 0. The summed E-state index contributed by atoms with van der Waals surface area (Å²) in [5.74, 6) is 2.32.